The molecule has 0 aromatic heterocycles. The molecule has 0 atom stereocenters. The number of rotatable bonds is 2. The molecule has 0 aliphatic heterocycles. The molecule has 0 unspecified atom stereocenters. The van der Waals surface area contributed by atoms with Gasteiger partial charge in [0.2, 0.25) is 0 Å². The van der Waals surface area contributed by atoms with E-state index in [1.54, 1.807) is 20.8 Å². The van der Waals surface area contributed by atoms with Crippen LogP contribution in [0.15, 0.2) is 0 Å². The van der Waals surface area contributed by atoms with Crippen molar-refractivity contribution in [3.63, 3.8) is 0 Å². The molecule has 0 bridgehead atoms. The van der Waals surface area contributed by atoms with Crippen molar-refractivity contribution in [2.24, 2.45) is 0 Å². The SMILES string of the molecule is CN(CC(=O)[OH2+])C(=O)OC(C)(C)C. The lowest BCUT2D eigenvalue weighted by Gasteiger charge is -2.22. The zero-order chi connectivity index (χ0) is 10.6. The highest BCUT2D eigenvalue weighted by molar-refractivity contribution is 5.76. The van der Waals surface area contributed by atoms with Crippen LogP contribution in [-0.2, 0) is 9.53 Å². The molecule has 0 aromatic rings. The van der Waals surface area contributed by atoms with Crippen molar-refractivity contribution < 1.29 is 19.4 Å². The third-order valence-electron chi connectivity index (χ3n) is 1.09. The molecule has 0 radical (unpaired) electrons. The summed E-state index contributed by atoms with van der Waals surface area (Å²) in [6.45, 7) is 4.97. The van der Waals surface area contributed by atoms with Gasteiger partial charge in [-0.1, -0.05) is 0 Å². The first-order chi connectivity index (χ1) is 5.72. The summed E-state index contributed by atoms with van der Waals surface area (Å²) < 4.78 is 4.95. The monoisotopic (exact) mass is 190 g/mol. The topological polar surface area (TPSA) is 69.5 Å². The van der Waals surface area contributed by atoms with Gasteiger partial charge in [0.15, 0.2) is 6.54 Å². The second-order valence-corrected chi connectivity index (χ2v) is 3.76. The third-order valence-corrected chi connectivity index (χ3v) is 1.09. The number of likely N-dealkylation sites (N-methyl/N-ethyl adjacent to an activating group) is 1. The fraction of sp³-hybridized carbons (Fsp3) is 0.750. The minimum Gasteiger partial charge on any atom is -0.563 e. The Morgan fingerprint density at radius 1 is 1.38 bits per heavy atom. The molecule has 0 saturated carbocycles. The normalized spacial score (nSPS) is 10.8. The lowest BCUT2D eigenvalue weighted by Crippen LogP contribution is -2.37. The summed E-state index contributed by atoms with van der Waals surface area (Å²) >= 11 is 0. The first kappa shape index (κ1) is 11.7. The van der Waals surface area contributed by atoms with Gasteiger partial charge in [-0.15, -0.1) is 0 Å². The zero-order valence-corrected chi connectivity index (χ0v) is 8.38. The molecule has 5 heteroatoms. The van der Waals surface area contributed by atoms with Crippen molar-refractivity contribution in [3.05, 3.63) is 0 Å². The second-order valence-electron chi connectivity index (χ2n) is 3.76. The van der Waals surface area contributed by atoms with Gasteiger partial charge in [0.25, 0.3) is 0 Å². The summed E-state index contributed by atoms with van der Waals surface area (Å²) in [7, 11) is 1.42. The highest BCUT2D eigenvalue weighted by Gasteiger charge is 2.22. The Bertz CT molecular complexity index is 207. The Labute approximate surface area is 77.3 Å². The minimum atomic E-state index is -0.812. The Morgan fingerprint density at radius 2 is 1.85 bits per heavy atom. The second kappa shape index (κ2) is 4.11. The van der Waals surface area contributed by atoms with Crippen LogP contribution in [0.25, 0.3) is 0 Å². The predicted molar refractivity (Wildman–Crippen MR) is 47.5 cm³/mol. The van der Waals surface area contributed by atoms with E-state index in [1.807, 2.05) is 0 Å². The van der Waals surface area contributed by atoms with Crippen LogP contribution in [0, 0.1) is 0 Å². The van der Waals surface area contributed by atoms with Crippen molar-refractivity contribution in [1.82, 2.24) is 4.90 Å². The van der Waals surface area contributed by atoms with E-state index in [0.717, 1.165) is 4.90 Å². The van der Waals surface area contributed by atoms with Gasteiger partial charge in [-0.05, 0) is 20.8 Å². The molecule has 0 fully saturated rings. The predicted octanol–water partition coefficient (Wildman–Crippen LogP) is 0.104. The van der Waals surface area contributed by atoms with Crippen LogP contribution in [0.1, 0.15) is 20.8 Å². The number of amides is 1. The highest BCUT2D eigenvalue weighted by atomic mass is 16.6. The molecular weight excluding hydrogens is 174 g/mol. The minimum absolute atomic E-state index is 0.241. The highest BCUT2D eigenvalue weighted by Crippen LogP contribution is 2.08. The summed E-state index contributed by atoms with van der Waals surface area (Å²) in [6, 6.07) is 0. The number of carbonyl (C=O) groups is 2. The summed E-state index contributed by atoms with van der Waals surface area (Å²) in [6.07, 6.45) is -0.590. The van der Waals surface area contributed by atoms with Gasteiger partial charge < -0.3 is 9.84 Å². The Hall–Kier alpha value is -1.26. The van der Waals surface area contributed by atoms with Gasteiger partial charge in [0, 0.05) is 11.8 Å². The van der Waals surface area contributed by atoms with Crippen LogP contribution >= 0.6 is 0 Å². The van der Waals surface area contributed by atoms with Gasteiger partial charge in [-0.3, -0.25) is 4.90 Å². The first-order valence-corrected chi connectivity index (χ1v) is 3.91. The maximum atomic E-state index is 11.2. The smallest absolute Gasteiger partial charge is 0.535 e. The van der Waals surface area contributed by atoms with Gasteiger partial charge in [-0.2, -0.15) is 0 Å². The Balaban J connectivity index is 4.05. The Kier molecular flexibility index (Phi) is 3.71. The van der Waals surface area contributed by atoms with Gasteiger partial charge in [0.05, 0.1) is 0 Å². The van der Waals surface area contributed by atoms with E-state index in [-0.39, 0.29) is 6.54 Å². The van der Waals surface area contributed by atoms with Crippen LogP contribution in [0.4, 0.5) is 4.79 Å². The van der Waals surface area contributed by atoms with Crippen LogP contribution in [-0.4, -0.2) is 41.3 Å². The molecule has 0 aliphatic rings. The molecule has 0 aliphatic carbocycles. The average Bonchev–Trinajstić information content (AvgIpc) is 1.81. The number of hydrogen-bond acceptors (Lipinski definition) is 3. The lowest BCUT2D eigenvalue weighted by atomic mass is 10.2. The number of hydrogen-bond donors (Lipinski definition) is 0. The molecule has 0 aromatic carbocycles. The third kappa shape index (κ3) is 5.95. The van der Waals surface area contributed by atoms with Crippen molar-refractivity contribution in [1.29, 1.82) is 0 Å². The van der Waals surface area contributed by atoms with E-state index in [9.17, 15) is 9.59 Å². The molecule has 0 saturated heterocycles. The van der Waals surface area contributed by atoms with E-state index in [0.29, 0.717) is 0 Å². The summed E-state index contributed by atoms with van der Waals surface area (Å²) in [5, 5.41) is 6.64. The van der Waals surface area contributed by atoms with E-state index in [1.165, 1.54) is 7.05 Å². The van der Waals surface area contributed by atoms with Gasteiger partial charge in [0.1, 0.15) is 5.60 Å². The summed E-state index contributed by atoms with van der Waals surface area (Å²) in [5.41, 5.74) is -0.573. The van der Waals surface area contributed by atoms with Crippen molar-refractivity contribution in [2.75, 3.05) is 13.6 Å². The van der Waals surface area contributed by atoms with Crippen molar-refractivity contribution >= 4 is 12.1 Å². The van der Waals surface area contributed by atoms with Crippen LogP contribution < -0.4 is 0 Å². The number of carbonyl (C=O) groups excluding carboxylic acids is 2. The fourth-order valence-electron chi connectivity index (χ4n) is 0.620. The molecule has 13 heavy (non-hydrogen) atoms. The average molecular weight is 190 g/mol. The van der Waals surface area contributed by atoms with Crippen LogP contribution in [0.5, 0.6) is 0 Å². The first-order valence-electron chi connectivity index (χ1n) is 3.91. The van der Waals surface area contributed by atoms with Crippen molar-refractivity contribution in [2.45, 2.75) is 26.4 Å². The maximum absolute atomic E-state index is 11.2. The van der Waals surface area contributed by atoms with Gasteiger partial charge in [-0.25, -0.2) is 4.79 Å². The van der Waals surface area contributed by atoms with E-state index >= 15 is 0 Å². The summed E-state index contributed by atoms with van der Waals surface area (Å²) in [4.78, 5) is 22.6. The fourth-order valence-corrected chi connectivity index (χ4v) is 0.620. The molecule has 76 valence electrons. The molecule has 0 spiro atoms. The van der Waals surface area contributed by atoms with E-state index in [4.69, 9.17) is 9.84 Å². The lowest BCUT2D eigenvalue weighted by molar-refractivity contribution is -0.137. The molecule has 0 rings (SSSR count). The van der Waals surface area contributed by atoms with E-state index < -0.39 is 17.7 Å². The van der Waals surface area contributed by atoms with Crippen molar-refractivity contribution in [3.8, 4) is 0 Å². The zero-order valence-electron chi connectivity index (χ0n) is 8.38. The molecule has 0 heterocycles. The standard InChI is InChI=1S/C8H15NO4/c1-8(2,3)13-7(12)9(4)5-6(10)11/h5H2,1-4H3,(H,10,11)/p+1. The van der Waals surface area contributed by atoms with Crippen LogP contribution in [0.2, 0.25) is 0 Å². The molecule has 2 N–H and O–H groups in total. The quantitative estimate of drug-likeness (QED) is 0.580. The molecule has 1 amide bonds. The van der Waals surface area contributed by atoms with Gasteiger partial charge >= 0.3 is 12.1 Å². The maximum Gasteiger partial charge on any atom is 0.535 e. The molecule has 5 nitrogen and oxygen atoms in total. The number of ether oxygens (including phenoxy) is 1. The largest absolute Gasteiger partial charge is 0.563 e. The molecular formula is C8H16NO4+. The number of nitrogens with zero attached hydrogens (tertiary/aromatic N) is 1. The van der Waals surface area contributed by atoms with Crippen LogP contribution in [0.3, 0.4) is 0 Å². The van der Waals surface area contributed by atoms with E-state index in [2.05, 4.69) is 0 Å². The summed E-state index contributed by atoms with van der Waals surface area (Å²) in [5.74, 6) is -0.812. The Morgan fingerprint density at radius 3 is 2.15 bits per heavy atom.